The van der Waals surface area contributed by atoms with E-state index in [0.717, 1.165) is 14.9 Å². The highest BCUT2D eigenvalue weighted by Gasteiger charge is 2.49. The lowest BCUT2D eigenvalue weighted by molar-refractivity contribution is -0.134. The van der Waals surface area contributed by atoms with Crippen LogP contribution in [0.25, 0.3) is 0 Å². The predicted octanol–water partition coefficient (Wildman–Crippen LogP) is 2.32. The average molecular weight is 474 g/mol. The van der Waals surface area contributed by atoms with Gasteiger partial charge < -0.3 is 15.4 Å². The molecule has 1 fully saturated rings. The number of carbonyl (C=O) groups is 4. The van der Waals surface area contributed by atoms with Gasteiger partial charge in [-0.3, -0.25) is 14.5 Å². The smallest absolute Gasteiger partial charge is 0.337 e. The van der Waals surface area contributed by atoms with Gasteiger partial charge in [0.2, 0.25) is 5.91 Å². The molecule has 0 aliphatic carbocycles. The van der Waals surface area contributed by atoms with E-state index in [1.165, 1.54) is 7.11 Å². The largest absolute Gasteiger partial charge is 0.465 e. The van der Waals surface area contributed by atoms with Crippen LogP contribution in [0.4, 0.5) is 4.79 Å². The topological polar surface area (TPSA) is 105 Å². The second kappa shape index (κ2) is 8.66. The number of ether oxygens (including phenoxy) is 1. The normalized spacial score (nSPS) is 18.2. The Balaban J connectivity index is 1.62. The fourth-order valence-electron chi connectivity index (χ4n) is 3.11. The molecule has 2 aromatic rings. The fraction of sp³-hybridized carbons (Fsp3) is 0.238. The molecule has 1 aliphatic heterocycles. The number of benzene rings is 2. The van der Waals surface area contributed by atoms with E-state index in [1.807, 2.05) is 6.07 Å². The molecule has 1 unspecified atom stereocenters. The van der Waals surface area contributed by atoms with E-state index < -0.39 is 35.9 Å². The molecule has 0 spiro atoms. The van der Waals surface area contributed by atoms with Crippen molar-refractivity contribution >= 4 is 39.7 Å². The number of rotatable bonds is 6. The summed E-state index contributed by atoms with van der Waals surface area (Å²) in [7, 11) is 1.30. The first-order chi connectivity index (χ1) is 14.2. The van der Waals surface area contributed by atoms with Crippen LogP contribution in [0.5, 0.6) is 0 Å². The summed E-state index contributed by atoms with van der Waals surface area (Å²) in [5.74, 6) is -1.42. The Hall–Kier alpha value is -3.20. The number of methoxy groups -OCH3 is 1. The summed E-state index contributed by atoms with van der Waals surface area (Å²) < 4.78 is 5.41. The van der Waals surface area contributed by atoms with Gasteiger partial charge in [-0.1, -0.05) is 40.2 Å². The summed E-state index contributed by atoms with van der Waals surface area (Å²) in [6.07, 6.45) is 0. The van der Waals surface area contributed by atoms with E-state index in [0.29, 0.717) is 11.1 Å². The average Bonchev–Trinajstić information content (AvgIpc) is 2.96. The lowest BCUT2D eigenvalue weighted by Crippen LogP contribution is -2.43. The lowest BCUT2D eigenvalue weighted by Gasteiger charge is -2.22. The van der Waals surface area contributed by atoms with E-state index in [-0.39, 0.29) is 6.54 Å². The SMILES string of the molecule is COC(=O)c1ccc(CNC(=O)CN2C(=O)NC(C)(c3cccc(Br)c3)C2=O)cc1. The Kier molecular flexibility index (Phi) is 6.21. The van der Waals surface area contributed by atoms with E-state index >= 15 is 0 Å². The zero-order chi connectivity index (χ0) is 21.9. The van der Waals surface area contributed by atoms with Gasteiger partial charge in [0.1, 0.15) is 12.1 Å². The molecule has 1 saturated heterocycles. The van der Waals surface area contributed by atoms with Crippen molar-refractivity contribution in [3.8, 4) is 0 Å². The molecular weight excluding hydrogens is 454 g/mol. The third-order valence-corrected chi connectivity index (χ3v) is 5.34. The molecule has 156 valence electrons. The van der Waals surface area contributed by atoms with Crippen molar-refractivity contribution in [1.29, 1.82) is 0 Å². The third kappa shape index (κ3) is 4.35. The van der Waals surface area contributed by atoms with Crippen LogP contribution in [0.2, 0.25) is 0 Å². The van der Waals surface area contributed by atoms with Crippen molar-refractivity contribution < 1.29 is 23.9 Å². The van der Waals surface area contributed by atoms with E-state index in [9.17, 15) is 19.2 Å². The number of urea groups is 1. The zero-order valence-corrected chi connectivity index (χ0v) is 18.0. The fourth-order valence-corrected chi connectivity index (χ4v) is 3.51. The van der Waals surface area contributed by atoms with Gasteiger partial charge in [0.05, 0.1) is 12.7 Å². The molecule has 9 heteroatoms. The molecule has 30 heavy (non-hydrogen) atoms. The molecule has 2 aromatic carbocycles. The predicted molar refractivity (Wildman–Crippen MR) is 111 cm³/mol. The van der Waals surface area contributed by atoms with Gasteiger partial charge in [-0.05, 0) is 42.3 Å². The van der Waals surface area contributed by atoms with Crippen LogP contribution in [0, 0.1) is 0 Å². The van der Waals surface area contributed by atoms with Crippen molar-refractivity contribution in [3.05, 3.63) is 69.7 Å². The second-order valence-corrected chi connectivity index (χ2v) is 7.84. The Labute approximate surface area is 181 Å². The lowest BCUT2D eigenvalue weighted by atomic mass is 9.92. The Morgan fingerprint density at radius 2 is 1.87 bits per heavy atom. The molecule has 0 aromatic heterocycles. The zero-order valence-electron chi connectivity index (χ0n) is 16.4. The van der Waals surface area contributed by atoms with E-state index in [4.69, 9.17) is 0 Å². The number of nitrogens with one attached hydrogen (secondary N) is 2. The molecule has 1 atom stereocenters. The summed E-state index contributed by atoms with van der Waals surface area (Å²) in [6.45, 7) is 1.40. The highest BCUT2D eigenvalue weighted by Crippen LogP contribution is 2.30. The summed E-state index contributed by atoms with van der Waals surface area (Å²) in [5, 5.41) is 5.34. The molecule has 1 heterocycles. The maximum absolute atomic E-state index is 12.9. The van der Waals surface area contributed by atoms with Crippen molar-refractivity contribution in [3.63, 3.8) is 0 Å². The number of halogens is 1. The number of hydrogen-bond donors (Lipinski definition) is 2. The van der Waals surface area contributed by atoms with Gasteiger partial charge in [-0.2, -0.15) is 0 Å². The number of nitrogens with zero attached hydrogens (tertiary/aromatic N) is 1. The number of amides is 4. The Morgan fingerprint density at radius 1 is 1.17 bits per heavy atom. The molecule has 3 rings (SSSR count). The molecular formula is C21H20BrN3O5. The molecule has 4 amide bonds. The van der Waals surface area contributed by atoms with Crippen LogP contribution >= 0.6 is 15.9 Å². The van der Waals surface area contributed by atoms with Crippen LogP contribution in [-0.4, -0.2) is 42.4 Å². The van der Waals surface area contributed by atoms with Crippen molar-refractivity contribution in [2.75, 3.05) is 13.7 Å². The summed E-state index contributed by atoms with van der Waals surface area (Å²) in [6, 6.07) is 13.0. The van der Waals surface area contributed by atoms with Gasteiger partial charge in [0, 0.05) is 11.0 Å². The van der Waals surface area contributed by atoms with Gasteiger partial charge in [0.25, 0.3) is 5.91 Å². The van der Waals surface area contributed by atoms with Crippen molar-refractivity contribution in [2.24, 2.45) is 0 Å². The minimum absolute atomic E-state index is 0.187. The molecule has 8 nitrogen and oxygen atoms in total. The van der Waals surface area contributed by atoms with Crippen LogP contribution < -0.4 is 10.6 Å². The molecule has 0 saturated carbocycles. The summed E-state index contributed by atoms with van der Waals surface area (Å²) in [4.78, 5) is 49.9. The summed E-state index contributed by atoms with van der Waals surface area (Å²) >= 11 is 3.36. The minimum Gasteiger partial charge on any atom is -0.465 e. The van der Waals surface area contributed by atoms with Crippen molar-refractivity contribution in [2.45, 2.75) is 19.0 Å². The monoisotopic (exact) mass is 473 g/mol. The highest BCUT2D eigenvalue weighted by atomic mass is 79.9. The van der Waals surface area contributed by atoms with Gasteiger partial charge in [0.15, 0.2) is 0 Å². The molecule has 0 radical (unpaired) electrons. The summed E-state index contributed by atoms with van der Waals surface area (Å²) in [5.41, 5.74) is 0.528. The van der Waals surface area contributed by atoms with Crippen LogP contribution in [0.15, 0.2) is 53.0 Å². The standard InChI is InChI=1S/C21H20BrN3O5/c1-21(15-4-3-5-16(22)10-15)19(28)25(20(29)24-21)12-17(26)23-11-13-6-8-14(9-7-13)18(27)30-2/h3-10H,11-12H2,1-2H3,(H,23,26)(H,24,29). The molecule has 2 N–H and O–H groups in total. The van der Waals surface area contributed by atoms with Crippen LogP contribution in [-0.2, 0) is 26.4 Å². The van der Waals surface area contributed by atoms with Crippen LogP contribution in [0.3, 0.4) is 0 Å². The van der Waals surface area contributed by atoms with Gasteiger partial charge in [-0.25, -0.2) is 9.59 Å². The maximum atomic E-state index is 12.9. The first kappa shape index (κ1) is 21.5. The maximum Gasteiger partial charge on any atom is 0.337 e. The first-order valence-corrected chi connectivity index (χ1v) is 9.88. The van der Waals surface area contributed by atoms with Gasteiger partial charge >= 0.3 is 12.0 Å². The second-order valence-electron chi connectivity index (χ2n) is 6.92. The minimum atomic E-state index is -1.25. The van der Waals surface area contributed by atoms with E-state index in [2.05, 4.69) is 31.3 Å². The first-order valence-electron chi connectivity index (χ1n) is 9.08. The quantitative estimate of drug-likeness (QED) is 0.494. The molecule has 1 aliphatic rings. The Morgan fingerprint density at radius 3 is 2.50 bits per heavy atom. The van der Waals surface area contributed by atoms with Crippen LogP contribution in [0.1, 0.15) is 28.4 Å². The third-order valence-electron chi connectivity index (χ3n) is 4.84. The number of carbonyl (C=O) groups excluding carboxylic acids is 4. The number of imide groups is 1. The molecule has 0 bridgehead atoms. The number of esters is 1. The van der Waals surface area contributed by atoms with E-state index in [1.54, 1.807) is 49.4 Å². The highest BCUT2D eigenvalue weighted by molar-refractivity contribution is 9.10. The van der Waals surface area contributed by atoms with Crippen molar-refractivity contribution in [1.82, 2.24) is 15.5 Å². The van der Waals surface area contributed by atoms with Gasteiger partial charge in [-0.15, -0.1) is 0 Å². The number of hydrogen-bond acceptors (Lipinski definition) is 5. The Bertz CT molecular complexity index is 1010.